The monoisotopic (exact) mass is 385 g/mol. The summed E-state index contributed by atoms with van der Waals surface area (Å²) in [5.74, 6) is -1.24. The maximum atomic E-state index is 12.9. The highest BCUT2D eigenvalue weighted by molar-refractivity contribution is 5.85. The van der Waals surface area contributed by atoms with E-state index in [4.69, 9.17) is 0 Å². The lowest BCUT2D eigenvalue weighted by Crippen LogP contribution is -2.52. The Morgan fingerprint density at radius 1 is 0.828 bits per heavy atom. The van der Waals surface area contributed by atoms with Gasteiger partial charge in [-0.05, 0) is 16.7 Å². The Morgan fingerprint density at radius 2 is 1.31 bits per heavy atom. The van der Waals surface area contributed by atoms with E-state index in [0.29, 0.717) is 24.2 Å². The van der Waals surface area contributed by atoms with Gasteiger partial charge in [0.25, 0.3) is 0 Å². The van der Waals surface area contributed by atoms with Gasteiger partial charge in [0.15, 0.2) is 5.54 Å². The van der Waals surface area contributed by atoms with E-state index >= 15 is 0 Å². The number of aliphatic carboxylic acids is 1. The molecule has 0 radical (unpaired) electrons. The number of carbonyl (C=O) groups excluding carboxylic acids is 1. The fourth-order valence-electron chi connectivity index (χ4n) is 4.57. The van der Waals surface area contributed by atoms with Crippen molar-refractivity contribution < 1.29 is 14.7 Å². The fourth-order valence-corrected chi connectivity index (χ4v) is 4.57. The molecule has 1 fully saturated rings. The minimum Gasteiger partial charge on any atom is -0.479 e. The molecule has 0 aliphatic carbocycles. The molecule has 2 atom stereocenters. The Labute approximate surface area is 170 Å². The van der Waals surface area contributed by atoms with E-state index in [1.165, 1.54) is 0 Å². The zero-order chi connectivity index (χ0) is 20.3. The number of hydrogen-bond donors (Lipinski definition) is 1. The topological polar surface area (TPSA) is 57.6 Å². The smallest absolute Gasteiger partial charge is 0.333 e. The lowest BCUT2D eigenvalue weighted by molar-refractivity contribution is -0.149. The highest BCUT2D eigenvalue weighted by atomic mass is 16.4. The highest BCUT2D eigenvalue weighted by Crippen LogP contribution is 2.43. The highest BCUT2D eigenvalue weighted by Gasteiger charge is 2.52. The number of likely N-dealkylation sites (tertiary alicyclic amines) is 1. The summed E-state index contributed by atoms with van der Waals surface area (Å²) in [4.78, 5) is 26.8. The van der Waals surface area contributed by atoms with Crippen LogP contribution < -0.4 is 0 Å². The largest absolute Gasteiger partial charge is 0.479 e. The van der Waals surface area contributed by atoms with E-state index in [2.05, 4.69) is 0 Å². The predicted octanol–water partition coefficient (Wildman–Crippen LogP) is 3.93. The zero-order valence-corrected chi connectivity index (χ0v) is 16.0. The molecule has 0 unspecified atom stereocenters. The van der Waals surface area contributed by atoms with Crippen LogP contribution in [0.5, 0.6) is 0 Å². The summed E-state index contributed by atoms with van der Waals surface area (Å²) in [5.41, 5.74) is 1.09. The van der Waals surface area contributed by atoms with Crippen LogP contribution in [-0.2, 0) is 15.1 Å². The molecule has 3 aromatic rings. The molecular weight excluding hydrogens is 362 g/mol. The van der Waals surface area contributed by atoms with Gasteiger partial charge in [-0.2, -0.15) is 0 Å². The first kappa shape index (κ1) is 19.1. The first-order chi connectivity index (χ1) is 14.2. The molecule has 4 heteroatoms. The summed E-state index contributed by atoms with van der Waals surface area (Å²) in [6, 6.07) is 28.5. The van der Waals surface area contributed by atoms with Crippen molar-refractivity contribution in [3.05, 3.63) is 108 Å². The Hall–Kier alpha value is -3.24. The Balaban J connectivity index is 1.86. The maximum Gasteiger partial charge on any atom is 0.333 e. The summed E-state index contributed by atoms with van der Waals surface area (Å²) in [6.07, 6.45) is 0.972. The number of benzene rings is 3. The summed E-state index contributed by atoms with van der Waals surface area (Å²) >= 11 is 0. The van der Waals surface area contributed by atoms with Crippen LogP contribution in [0.2, 0.25) is 0 Å². The van der Waals surface area contributed by atoms with Crippen LogP contribution in [0.25, 0.3) is 0 Å². The molecule has 3 aromatic carbocycles. The molecule has 29 heavy (non-hydrogen) atoms. The van der Waals surface area contributed by atoms with Crippen molar-refractivity contribution in [2.45, 2.75) is 11.5 Å². The minimum absolute atomic E-state index is 0.0418. The minimum atomic E-state index is -1.35. The normalized spacial score (nSPS) is 19.7. The molecule has 4 nitrogen and oxygen atoms in total. The van der Waals surface area contributed by atoms with Crippen molar-refractivity contribution in [2.24, 2.45) is 5.92 Å². The van der Waals surface area contributed by atoms with Gasteiger partial charge in [0.05, 0.1) is 0 Å². The Morgan fingerprint density at radius 3 is 1.76 bits per heavy atom. The van der Waals surface area contributed by atoms with Gasteiger partial charge in [0.1, 0.15) is 6.29 Å². The van der Waals surface area contributed by atoms with Gasteiger partial charge in [-0.25, -0.2) is 4.79 Å². The summed E-state index contributed by atoms with van der Waals surface area (Å²) < 4.78 is 0. The van der Waals surface area contributed by atoms with E-state index in [1.807, 2.05) is 95.9 Å². The van der Waals surface area contributed by atoms with Gasteiger partial charge < -0.3 is 9.90 Å². The molecule has 0 saturated carbocycles. The first-order valence-corrected chi connectivity index (χ1v) is 9.77. The van der Waals surface area contributed by atoms with Crippen LogP contribution in [0.3, 0.4) is 0 Å². The molecule has 0 aromatic heterocycles. The number of hydrogen-bond acceptors (Lipinski definition) is 3. The third kappa shape index (κ3) is 3.26. The van der Waals surface area contributed by atoms with Gasteiger partial charge in [0.2, 0.25) is 0 Å². The van der Waals surface area contributed by atoms with Crippen molar-refractivity contribution in [2.75, 3.05) is 13.1 Å². The Kier molecular flexibility index (Phi) is 5.28. The number of carbonyl (C=O) groups is 2. The van der Waals surface area contributed by atoms with Crippen LogP contribution in [-0.4, -0.2) is 35.4 Å². The van der Waals surface area contributed by atoms with Gasteiger partial charge in [-0.1, -0.05) is 91.0 Å². The second-order valence-corrected chi connectivity index (χ2v) is 7.47. The quantitative estimate of drug-likeness (QED) is 0.653. The van der Waals surface area contributed by atoms with Gasteiger partial charge in [-0.3, -0.25) is 4.90 Å². The molecule has 1 heterocycles. The summed E-state index contributed by atoms with van der Waals surface area (Å²) in [5, 5.41) is 10.6. The summed E-state index contributed by atoms with van der Waals surface area (Å²) in [7, 11) is 0. The molecule has 0 bridgehead atoms. The fraction of sp³-hybridized carbons (Fsp3) is 0.200. The lowest BCUT2D eigenvalue weighted by atomic mass is 9.81. The first-order valence-electron chi connectivity index (χ1n) is 9.77. The van der Waals surface area contributed by atoms with Crippen LogP contribution >= 0.6 is 0 Å². The predicted molar refractivity (Wildman–Crippen MR) is 112 cm³/mol. The number of rotatable bonds is 6. The van der Waals surface area contributed by atoms with Crippen LogP contribution in [0.15, 0.2) is 91.0 Å². The van der Waals surface area contributed by atoms with E-state index < -0.39 is 11.5 Å². The number of carboxylic acid groups (broad SMARTS) is 1. The molecule has 1 N–H and O–H groups in total. The molecule has 4 rings (SSSR count). The van der Waals surface area contributed by atoms with Gasteiger partial charge in [0, 0.05) is 24.9 Å². The number of aldehydes is 1. The SMILES string of the molecule is O=C[C@H]1CN(C(C(=O)O)(c2ccccc2)c2ccccc2)C[C@@H]1c1ccccc1. The van der Waals surface area contributed by atoms with Gasteiger partial charge >= 0.3 is 5.97 Å². The molecule has 0 amide bonds. The Bertz CT molecular complexity index is 933. The molecule has 1 aliphatic heterocycles. The zero-order valence-electron chi connectivity index (χ0n) is 16.0. The van der Waals surface area contributed by atoms with Crippen LogP contribution in [0.1, 0.15) is 22.6 Å². The lowest BCUT2D eigenvalue weighted by Gasteiger charge is -2.39. The van der Waals surface area contributed by atoms with E-state index in [9.17, 15) is 14.7 Å². The second kappa shape index (κ2) is 8.02. The number of nitrogens with zero attached hydrogens (tertiary/aromatic N) is 1. The third-order valence-corrected chi connectivity index (χ3v) is 5.93. The second-order valence-electron chi connectivity index (χ2n) is 7.47. The van der Waals surface area contributed by atoms with Crippen molar-refractivity contribution in [1.29, 1.82) is 0 Å². The third-order valence-electron chi connectivity index (χ3n) is 5.93. The molecule has 0 spiro atoms. The molecule has 146 valence electrons. The molecule has 1 aliphatic rings. The average molecular weight is 385 g/mol. The van der Waals surface area contributed by atoms with Crippen LogP contribution in [0.4, 0.5) is 0 Å². The van der Waals surface area contributed by atoms with E-state index in [-0.39, 0.29) is 11.8 Å². The van der Waals surface area contributed by atoms with Crippen molar-refractivity contribution in [3.63, 3.8) is 0 Å². The van der Waals surface area contributed by atoms with Crippen molar-refractivity contribution in [1.82, 2.24) is 4.90 Å². The summed E-state index contributed by atoms with van der Waals surface area (Å²) in [6.45, 7) is 0.878. The van der Waals surface area contributed by atoms with Crippen molar-refractivity contribution >= 4 is 12.3 Å². The average Bonchev–Trinajstić information content (AvgIpc) is 3.21. The van der Waals surface area contributed by atoms with E-state index in [0.717, 1.165) is 11.8 Å². The maximum absolute atomic E-state index is 12.9. The van der Waals surface area contributed by atoms with E-state index in [1.54, 1.807) is 0 Å². The molecule has 1 saturated heterocycles. The van der Waals surface area contributed by atoms with Crippen molar-refractivity contribution in [3.8, 4) is 0 Å². The van der Waals surface area contributed by atoms with Gasteiger partial charge in [-0.15, -0.1) is 0 Å². The molecular formula is C25H23NO3. The standard InChI is InChI=1S/C25H23NO3/c27-18-20-16-26(17-23(20)19-10-4-1-5-11-19)25(24(28)29,21-12-6-2-7-13-21)22-14-8-3-9-15-22/h1-15,18,20,23H,16-17H2,(H,28,29)/t20-,23-/m1/s1. The number of carboxylic acids is 1. The van der Waals surface area contributed by atoms with Crippen LogP contribution in [0, 0.1) is 5.92 Å².